The number of fused-ring (bicyclic) bond motifs is 6. The van der Waals surface area contributed by atoms with E-state index >= 15 is 0 Å². The average molecular weight is 790 g/mol. The molecule has 0 bridgehead atoms. The molecule has 0 N–H and O–H groups in total. The number of rotatable bonds is 7. The van der Waals surface area contributed by atoms with Gasteiger partial charge in [-0.05, 0) is 106 Å². The van der Waals surface area contributed by atoms with Gasteiger partial charge in [-0.2, -0.15) is 0 Å². The molecule has 12 rings (SSSR count). The van der Waals surface area contributed by atoms with E-state index in [0.717, 1.165) is 39.3 Å². The zero-order valence-electron chi connectivity index (χ0n) is 33.9. The van der Waals surface area contributed by atoms with Crippen LogP contribution in [0.2, 0.25) is 0 Å². The summed E-state index contributed by atoms with van der Waals surface area (Å²) in [4.78, 5) is 5.19. The first-order chi connectivity index (χ1) is 30.7. The molecule has 0 aliphatic carbocycles. The molecule has 0 saturated heterocycles. The Morgan fingerprint density at radius 1 is 0.226 bits per heavy atom. The minimum absolute atomic E-state index is 0.948. The van der Waals surface area contributed by atoms with Gasteiger partial charge in [0.15, 0.2) is 0 Å². The van der Waals surface area contributed by atoms with Crippen molar-refractivity contribution in [3.05, 3.63) is 237 Å². The van der Waals surface area contributed by atoms with Crippen LogP contribution in [0.1, 0.15) is 0 Å². The second-order valence-electron chi connectivity index (χ2n) is 16.0. The van der Waals surface area contributed by atoms with E-state index in [1.165, 1.54) is 71.6 Å². The third-order valence-electron chi connectivity index (χ3n) is 12.3. The maximum Gasteiger partial charge on any atom is 0.0715 e. The number of hydrogen-bond acceptors (Lipinski definition) is 1. The van der Waals surface area contributed by atoms with Crippen molar-refractivity contribution in [2.24, 2.45) is 0 Å². The number of para-hydroxylation sites is 3. The van der Waals surface area contributed by atoms with E-state index in [9.17, 15) is 0 Å². The fraction of sp³-hybridized carbons (Fsp3) is 0. The molecule has 0 saturated carbocycles. The van der Waals surface area contributed by atoms with Crippen molar-refractivity contribution in [2.75, 3.05) is 0 Å². The van der Waals surface area contributed by atoms with Gasteiger partial charge < -0.3 is 9.13 Å². The van der Waals surface area contributed by atoms with Gasteiger partial charge in [0.1, 0.15) is 0 Å². The fourth-order valence-corrected chi connectivity index (χ4v) is 9.31. The molecular formula is C59H39N3. The van der Waals surface area contributed by atoms with Crippen LogP contribution in [0.4, 0.5) is 0 Å². The molecule has 3 heteroatoms. The quantitative estimate of drug-likeness (QED) is 0.158. The van der Waals surface area contributed by atoms with Gasteiger partial charge in [-0.1, -0.05) is 164 Å². The van der Waals surface area contributed by atoms with Crippen molar-refractivity contribution in [2.45, 2.75) is 0 Å². The molecular weight excluding hydrogens is 751 g/mol. The second-order valence-corrected chi connectivity index (χ2v) is 16.0. The van der Waals surface area contributed by atoms with E-state index in [1.54, 1.807) is 0 Å². The Bertz CT molecular complexity index is 3580. The molecule has 62 heavy (non-hydrogen) atoms. The Hall–Kier alpha value is -8.27. The highest BCUT2D eigenvalue weighted by Gasteiger charge is 2.17. The minimum atomic E-state index is 0.948. The van der Waals surface area contributed by atoms with Gasteiger partial charge in [0.2, 0.25) is 0 Å². The summed E-state index contributed by atoms with van der Waals surface area (Å²) in [5.74, 6) is 0. The van der Waals surface area contributed by atoms with Crippen LogP contribution in [0.15, 0.2) is 237 Å². The summed E-state index contributed by atoms with van der Waals surface area (Å²) in [5.41, 5.74) is 18.2. The van der Waals surface area contributed by atoms with E-state index in [1.807, 2.05) is 0 Å². The number of hydrogen-bond donors (Lipinski definition) is 0. The van der Waals surface area contributed by atoms with Gasteiger partial charge in [0.05, 0.1) is 33.5 Å². The normalized spacial score (nSPS) is 11.5. The molecule has 0 fully saturated rings. The van der Waals surface area contributed by atoms with Crippen LogP contribution in [0.3, 0.4) is 0 Å². The Morgan fingerprint density at radius 3 is 1.13 bits per heavy atom. The smallest absolute Gasteiger partial charge is 0.0715 e. The summed E-state index contributed by atoms with van der Waals surface area (Å²) in [6, 6.07) is 85.2. The van der Waals surface area contributed by atoms with Gasteiger partial charge in [-0.15, -0.1) is 0 Å². The van der Waals surface area contributed by atoms with E-state index in [-0.39, 0.29) is 0 Å². The summed E-state index contributed by atoms with van der Waals surface area (Å²) < 4.78 is 4.77. The van der Waals surface area contributed by atoms with Crippen molar-refractivity contribution >= 4 is 43.6 Å². The first-order valence-corrected chi connectivity index (χ1v) is 21.2. The maximum atomic E-state index is 5.19. The topological polar surface area (TPSA) is 22.8 Å². The SMILES string of the molecule is c1ccc(-c2ccc(-c3cc(-c4ccc(-n5c6ccccc6c6cc(-c7ccc8c(c7)c7ccccc7n8-c7ccccc7)ccc65)cc4)cc(-c4ccccc4)n3)cc2)cc1. The van der Waals surface area contributed by atoms with Crippen LogP contribution in [0.25, 0.3) is 111 Å². The first-order valence-electron chi connectivity index (χ1n) is 21.2. The zero-order chi connectivity index (χ0) is 41.0. The van der Waals surface area contributed by atoms with Crippen molar-refractivity contribution in [1.82, 2.24) is 14.1 Å². The molecule has 0 spiro atoms. The number of benzene rings is 9. The molecule has 3 aromatic heterocycles. The van der Waals surface area contributed by atoms with E-state index in [4.69, 9.17) is 4.98 Å². The molecule has 0 atom stereocenters. The van der Waals surface area contributed by atoms with Crippen molar-refractivity contribution in [1.29, 1.82) is 0 Å². The first kappa shape index (κ1) is 35.7. The molecule has 9 aromatic carbocycles. The van der Waals surface area contributed by atoms with Crippen LogP contribution in [0, 0.1) is 0 Å². The summed E-state index contributed by atoms with van der Waals surface area (Å²) in [6.45, 7) is 0. The Labute approximate surface area is 360 Å². The Morgan fingerprint density at radius 2 is 0.581 bits per heavy atom. The van der Waals surface area contributed by atoms with Gasteiger partial charge in [-0.3, -0.25) is 0 Å². The monoisotopic (exact) mass is 789 g/mol. The summed E-state index contributed by atoms with van der Waals surface area (Å²) >= 11 is 0. The van der Waals surface area contributed by atoms with E-state index < -0.39 is 0 Å². The predicted molar refractivity (Wildman–Crippen MR) is 260 cm³/mol. The molecule has 0 aliphatic rings. The molecule has 0 aliphatic heterocycles. The molecule has 3 heterocycles. The lowest BCUT2D eigenvalue weighted by molar-refractivity contribution is 1.18. The third-order valence-corrected chi connectivity index (χ3v) is 12.3. The van der Waals surface area contributed by atoms with Crippen LogP contribution >= 0.6 is 0 Å². The van der Waals surface area contributed by atoms with Gasteiger partial charge in [0.25, 0.3) is 0 Å². The van der Waals surface area contributed by atoms with Crippen LogP contribution in [-0.4, -0.2) is 14.1 Å². The maximum absolute atomic E-state index is 5.19. The molecule has 0 radical (unpaired) electrons. The molecule has 290 valence electrons. The molecule has 12 aromatic rings. The largest absolute Gasteiger partial charge is 0.309 e. The highest BCUT2D eigenvalue weighted by molar-refractivity contribution is 6.12. The lowest BCUT2D eigenvalue weighted by atomic mass is 9.98. The predicted octanol–water partition coefficient (Wildman–Crippen LogP) is 15.6. The number of nitrogens with zero attached hydrogens (tertiary/aromatic N) is 3. The lowest BCUT2D eigenvalue weighted by Gasteiger charge is -2.13. The summed E-state index contributed by atoms with van der Waals surface area (Å²) in [5, 5.41) is 4.98. The second kappa shape index (κ2) is 14.8. The number of aromatic nitrogens is 3. The van der Waals surface area contributed by atoms with Gasteiger partial charge >= 0.3 is 0 Å². The highest BCUT2D eigenvalue weighted by Crippen LogP contribution is 2.39. The highest BCUT2D eigenvalue weighted by atomic mass is 15.0. The Balaban J connectivity index is 0.930. The molecule has 0 unspecified atom stereocenters. The number of pyridine rings is 1. The van der Waals surface area contributed by atoms with E-state index in [2.05, 4.69) is 246 Å². The fourth-order valence-electron chi connectivity index (χ4n) is 9.31. The van der Waals surface area contributed by atoms with Crippen molar-refractivity contribution in [3.63, 3.8) is 0 Å². The van der Waals surface area contributed by atoms with Gasteiger partial charge in [-0.25, -0.2) is 4.98 Å². The van der Waals surface area contributed by atoms with E-state index in [0.29, 0.717) is 0 Å². The van der Waals surface area contributed by atoms with Crippen LogP contribution < -0.4 is 0 Å². The average Bonchev–Trinajstić information content (AvgIpc) is 3.87. The standard InChI is InChI=1S/C59H39N3/c1-4-14-40(15-5-1)41-24-26-44(27-25-41)55-39-47(38-54(60-55)43-16-6-2-7-17-43)42-28-32-49(33-29-42)62-57-23-13-11-21-51(57)53-37-46(31-35-59(53)62)45-30-34-58-52(36-45)50-20-10-12-22-56(50)61(58)48-18-8-3-9-19-48/h1-39H. The van der Waals surface area contributed by atoms with Crippen LogP contribution in [-0.2, 0) is 0 Å². The molecule has 0 amide bonds. The Kier molecular flexibility index (Phi) is 8.50. The van der Waals surface area contributed by atoms with Crippen molar-refractivity contribution < 1.29 is 0 Å². The van der Waals surface area contributed by atoms with Crippen LogP contribution in [0.5, 0.6) is 0 Å². The summed E-state index contributed by atoms with van der Waals surface area (Å²) in [6.07, 6.45) is 0. The van der Waals surface area contributed by atoms with Crippen molar-refractivity contribution in [3.8, 4) is 67.3 Å². The third kappa shape index (κ3) is 6.10. The molecule has 3 nitrogen and oxygen atoms in total. The summed E-state index contributed by atoms with van der Waals surface area (Å²) in [7, 11) is 0. The van der Waals surface area contributed by atoms with Gasteiger partial charge in [0, 0.05) is 44.0 Å². The lowest BCUT2D eigenvalue weighted by Crippen LogP contribution is -1.94. The minimum Gasteiger partial charge on any atom is -0.309 e. The zero-order valence-corrected chi connectivity index (χ0v) is 33.9.